The maximum absolute atomic E-state index is 5.10. The van der Waals surface area contributed by atoms with E-state index in [1.165, 1.54) is 0 Å². The molecule has 0 spiro atoms. The second-order valence-electron chi connectivity index (χ2n) is 0.706. The molecule has 0 bridgehead atoms. The van der Waals surface area contributed by atoms with Crippen LogP contribution < -0.4 is 11.5 Å². The van der Waals surface area contributed by atoms with Crippen LogP contribution in [-0.4, -0.2) is 11.1 Å². The van der Waals surface area contributed by atoms with Crippen LogP contribution in [0.1, 0.15) is 0 Å². The fourth-order valence-electron chi connectivity index (χ4n) is 0. The molecule has 0 aromatic rings. The van der Waals surface area contributed by atoms with Gasteiger partial charge >= 0.3 is 41.7 Å². The molecule has 0 amide bonds. The van der Waals surface area contributed by atoms with Gasteiger partial charge in [-0.05, 0) is 0 Å². The van der Waals surface area contributed by atoms with Gasteiger partial charge in [-0.15, -0.1) is 0 Å². The van der Waals surface area contributed by atoms with Crippen LogP contribution in [0.5, 0.6) is 0 Å². The largest absolute Gasteiger partial charge is 0 e. The molecular formula is C3H7N2Pd. The molecule has 2 nitrogen and oxygen atoms in total. The molecule has 1 unspecified atom stereocenters. The second kappa shape index (κ2) is 5.58. The first-order valence-corrected chi connectivity index (χ1v) is 2.23. The third-order valence-corrected chi connectivity index (χ3v) is 0.577. The Kier molecular flexibility index (Phi) is 9.09. The molecule has 0 aromatic heterocycles. The summed E-state index contributed by atoms with van der Waals surface area (Å²) in [7, 11) is 0. The predicted molar refractivity (Wildman–Crippen MR) is 20.3 cm³/mol. The summed E-state index contributed by atoms with van der Waals surface area (Å²) >= 11 is 2.80. The molecule has 6 heavy (non-hydrogen) atoms. The zero-order valence-corrected chi connectivity index (χ0v) is 4.81. The number of hydrogen-bond acceptors (Lipinski definition) is 2. The van der Waals surface area contributed by atoms with Crippen molar-refractivity contribution in [2.75, 3.05) is 6.54 Å². The minimum atomic E-state index is 0. The van der Waals surface area contributed by atoms with Crippen LogP contribution >= 0.6 is 0 Å². The Bertz CT molecular complexity index is 22.8. The Morgan fingerprint density at radius 3 is 1.83 bits per heavy atom. The van der Waals surface area contributed by atoms with Crippen LogP contribution in [0.4, 0.5) is 0 Å². The van der Waals surface area contributed by atoms with Gasteiger partial charge in [-0.2, -0.15) is 0 Å². The van der Waals surface area contributed by atoms with E-state index in [9.17, 15) is 0 Å². The number of rotatable bonds is 1. The van der Waals surface area contributed by atoms with Crippen molar-refractivity contribution in [2.24, 2.45) is 11.5 Å². The Hall–Kier alpha value is 0.582. The normalized spacial score (nSPS) is 12.7. The monoisotopic (exact) mass is 177 g/mol. The van der Waals surface area contributed by atoms with Gasteiger partial charge in [0.2, 0.25) is 0 Å². The van der Waals surface area contributed by atoms with E-state index >= 15 is 0 Å². The Morgan fingerprint density at radius 2 is 1.83 bits per heavy atom. The molecule has 0 saturated carbocycles. The first-order valence-electron chi connectivity index (χ1n) is 1.33. The maximum atomic E-state index is 5.10. The van der Waals surface area contributed by atoms with Gasteiger partial charge in [0.15, 0.2) is 0 Å². The quantitative estimate of drug-likeness (QED) is 0.498. The van der Waals surface area contributed by atoms with Gasteiger partial charge < -0.3 is 0 Å². The SMILES string of the molecule is NC[CH](N)[Pd].[C]. The van der Waals surface area contributed by atoms with Crippen molar-refractivity contribution in [2.45, 2.75) is 4.51 Å². The summed E-state index contributed by atoms with van der Waals surface area (Å²) in [5, 5.41) is 0. The Labute approximate surface area is 49.7 Å². The van der Waals surface area contributed by atoms with Crippen LogP contribution in [0.3, 0.4) is 0 Å². The molecule has 0 aliphatic carbocycles. The molecule has 0 saturated heterocycles. The fourth-order valence-corrected chi connectivity index (χ4v) is 0. The molecule has 3 heteroatoms. The van der Waals surface area contributed by atoms with Gasteiger partial charge in [0.1, 0.15) is 0 Å². The van der Waals surface area contributed by atoms with E-state index in [0.29, 0.717) is 6.54 Å². The van der Waals surface area contributed by atoms with Crippen LogP contribution in [0, 0.1) is 7.43 Å². The van der Waals surface area contributed by atoms with Gasteiger partial charge in [0, 0.05) is 7.43 Å². The predicted octanol–water partition coefficient (Wildman–Crippen LogP) is -1.14. The maximum Gasteiger partial charge on any atom is 0 e. The fraction of sp³-hybridized carbons (Fsp3) is 0.667. The van der Waals surface area contributed by atoms with E-state index in [4.69, 9.17) is 11.5 Å². The minimum Gasteiger partial charge on any atom is 0 e. The van der Waals surface area contributed by atoms with E-state index in [1.807, 2.05) is 0 Å². The Morgan fingerprint density at radius 1 is 1.67 bits per heavy atom. The van der Waals surface area contributed by atoms with Crippen LogP contribution in [0.2, 0.25) is 0 Å². The summed E-state index contributed by atoms with van der Waals surface area (Å²) in [4.78, 5) is 0. The van der Waals surface area contributed by atoms with E-state index < -0.39 is 0 Å². The van der Waals surface area contributed by atoms with Crippen molar-refractivity contribution in [3.63, 3.8) is 0 Å². The van der Waals surface area contributed by atoms with Gasteiger partial charge in [-0.1, -0.05) is 0 Å². The van der Waals surface area contributed by atoms with Crippen LogP contribution in [-0.2, 0) is 19.2 Å². The van der Waals surface area contributed by atoms with Crippen molar-refractivity contribution in [1.29, 1.82) is 0 Å². The van der Waals surface area contributed by atoms with Crippen molar-refractivity contribution in [3.8, 4) is 0 Å². The van der Waals surface area contributed by atoms with Gasteiger partial charge in [-0.3, -0.25) is 0 Å². The Balaban J connectivity index is 0. The molecule has 39 valence electrons. The zero-order chi connectivity index (χ0) is 4.28. The molecule has 1 atom stereocenters. The van der Waals surface area contributed by atoms with Crippen molar-refractivity contribution in [3.05, 3.63) is 7.43 Å². The third kappa shape index (κ3) is 8.82. The molecule has 0 aliphatic heterocycles. The average Bonchev–Trinajstić information content (AvgIpc) is 1.38. The first kappa shape index (κ1) is 9.77. The summed E-state index contributed by atoms with van der Waals surface area (Å²) < 4.78 is 0.0120. The number of nitrogens with two attached hydrogens (primary N) is 2. The van der Waals surface area contributed by atoms with E-state index in [2.05, 4.69) is 19.2 Å². The molecule has 0 aliphatic rings. The average molecular weight is 178 g/mol. The molecule has 0 rings (SSSR count). The van der Waals surface area contributed by atoms with Crippen molar-refractivity contribution < 1.29 is 19.2 Å². The summed E-state index contributed by atoms with van der Waals surface area (Å²) in [5.41, 5.74) is 10.1. The molecule has 0 aromatic carbocycles. The second-order valence-corrected chi connectivity index (χ2v) is 1.86. The summed E-state index contributed by atoms with van der Waals surface area (Å²) in [6, 6.07) is 0. The zero-order valence-electron chi connectivity index (χ0n) is 3.26. The van der Waals surface area contributed by atoms with E-state index in [0.717, 1.165) is 0 Å². The molecular weight excluding hydrogens is 170 g/mol. The van der Waals surface area contributed by atoms with Crippen LogP contribution in [0.15, 0.2) is 0 Å². The minimum absolute atomic E-state index is 0. The van der Waals surface area contributed by atoms with Crippen molar-refractivity contribution >= 4 is 0 Å². The first-order chi connectivity index (χ1) is 2.27. The van der Waals surface area contributed by atoms with Gasteiger partial charge in [0.25, 0.3) is 0 Å². The summed E-state index contributed by atoms with van der Waals surface area (Å²) in [5.74, 6) is 0. The smallest absolute Gasteiger partial charge is 0 e. The third-order valence-electron chi connectivity index (χ3n) is 0.211. The molecule has 4 N–H and O–H groups in total. The summed E-state index contributed by atoms with van der Waals surface area (Å²) in [6.45, 7) is 0.517. The standard InChI is InChI=1S/C2H7N2.C.Pd/c3-1-2-4;;/h1H,2-4H2;;. The molecule has 0 heterocycles. The van der Waals surface area contributed by atoms with Crippen LogP contribution in [0.25, 0.3) is 0 Å². The topological polar surface area (TPSA) is 52.0 Å². The van der Waals surface area contributed by atoms with Crippen molar-refractivity contribution in [1.82, 2.24) is 0 Å². The van der Waals surface area contributed by atoms with E-state index in [1.54, 1.807) is 0 Å². The van der Waals surface area contributed by atoms with E-state index in [-0.39, 0.29) is 11.9 Å². The number of hydrogen-bond donors (Lipinski definition) is 2. The molecule has 4 radical (unpaired) electrons. The summed E-state index contributed by atoms with van der Waals surface area (Å²) in [6.07, 6.45) is 0. The van der Waals surface area contributed by atoms with Gasteiger partial charge in [0.05, 0.1) is 0 Å². The molecule has 0 fully saturated rings. The van der Waals surface area contributed by atoms with Gasteiger partial charge in [-0.25, -0.2) is 0 Å².